The van der Waals surface area contributed by atoms with Crippen LogP contribution in [0, 0.1) is 0 Å². The SMILES string of the molecule is COc1ccc2nc(Nc3ccc(OC)c(N)c3)cc(C(F)(F)F)c2c1.Cl. The van der Waals surface area contributed by atoms with Crippen molar-refractivity contribution in [1.82, 2.24) is 4.98 Å². The highest BCUT2D eigenvalue weighted by Gasteiger charge is 2.33. The minimum absolute atomic E-state index is 0. The van der Waals surface area contributed by atoms with Crippen molar-refractivity contribution < 1.29 is 22.6 Å². The van der Waals surface area contributed by atoms with Crippen molar-refractivity contribution in [1.29, 1.82) is 0 Å². The van der Waals surface area contributed by atoms with E-state index in [1.165, 1.54) is 26.4 Å². The number of nitrogens with one attached hydrogen (secondary N) is 1. The Kier molecular flexibility index (Phi) is 5.90. The second-order valence-electron chi connectivity index (χ2n) is 5.52. The van der Waals surface area contributed by atoms with Crippen LogP contribution in [0.2, 0.25) is 0 Å². The van der Waals surface area contributed by atoms with Crippen molar-refractivity contribution in [3.63, 3.8) is 0 Å². The molecular weight excluding hydrogens is 383 g/mol. The van der Waals surface area contributed by atoms with Gasteiger partial charge < -0.3 is 20.5 Å². The van der Waals surface area contributed by atoms with Crippen LogP contribution in [-0.2, 0) is 6.18 Å². The Morgan fingerprint density at radius 1 is 1.00 bits per heavy atom. The highest BCUT2D eigenvalue weighted by molar-refractivity contribution is 5.86. The number of nitrogens with two attached hydrogens (primary N) is 1. The van der Waals surface area contributed by atoms with E-state index in [2.05, 4.69) is 10.3 Å². The van der Waals surface area contributed by atoms with Crippen LogP contribution in [0.5, 0.6) is 11.5 Å². The Balaban J connectivity index is 0.00000261. The van der Waals surface area contributed by atoms with Gasteiger partial charge in [0.05, 0.1) is 31.0 Å². The van der Waals surface area contributed by atoms with Crippen LogP contribution in [0.25, 0.3) is 10.9 Å². The largest absolute Gasteiger partial charge is 0.497 e. The van der Waals surface area contributed by atoms with Crippen LogP contribution in [0.3, 0.4) is 0 Å². The molecule has 144 valence electrons. The van der Waals surface area contributed by atoms with Crippen LogP contribution < -0.4 is 20.5 Å². The van der Waals surface area contributed by atoms with E-state index in [0.717, 1.165) is 6.07 Å². The second kappa shape index (κ2) is 7.79. The van der Waals surface area contributed by atoms with Gasteiger partial charge in [0.2, 0.25) is 0 Å². The van der Waals surface area contributed by atoms with Crippen LogP contribution in [0.4, 0.5) is 30.4 Å². The molecule has 27 heavy (non-hydrogen) atoms. The number of methoxy groups -OCH3 is 2. The number of rotatable bonds is 4. The summed E-state index contributed by atoms with van der Waals surface area (Å²) in [5, 5.41) is 2.82. The molecule has 0 spiro atoms. The Labute approximate surface area is 159 Å². The van der Waals surface area contributed by atoms with Crippen molar-refractivity contribution in [2.24, 2.45) is 0 Å². The zero-order valence-corrected chi connectivity index (χ0v) is 15.2. The summed E-state index contributed by atoms with van der Waals surface area (Å²) in [5.74, 6) is 0.859. The number of fused-ring (bicyclic) bond motifs is 1. The van der Waals surface area contributed by atoms with E-state index >= 15 is 0 Å². The standard InChI is InChI=1S/C18H16F3N3O2.ClH/c1-25-11-4-5-15-12(8-11)13(18(19,20)21)9-17(24-15)23-10-3-6-16(26-2)14(22)7-10;/h3-9H,22H2,1-2H3,(H,23,24);1H. The van der Waals surface area contributed by atoms with E-state index in [1.54, 1.807) is 24.3 Å². The molecule has 1 heterocycles. The van der Waals surface area contributed by atoms with E-state index in [4.69, 9.17) is 15.2 Å². The molecule has 0 aliphatic heterocycles. The molecule has 0 saturated heterocycles. The summed E-state index contributed by atoms with van der Waals surface area (Å²) in [4.78, 5) is 4.25. The second-order valence-corrected chi connectivity index (χ2v) is 5.52. The van der Waals surface area contributed by atoms with Crippen LogP contribution >= 0.6 is 12.4 Å². The number of anilines is 3. The van der Waals surface area contributed by atoms with Crippen LogP contribution in [0.1, 0.15) is 5.56 Å². The first-order valence-corrected chi connectivity index (χ1v) is 7.58. The Bertz CT molecular complexity index is 964. The highest BCUT2D eigenvalue weighted by Crippen LogP contribution is 2.37. The molecule has 0 aliphatic rings. The lowest BCUT2D eigenvalue weighted by Crippen LogP contribution is -2.08. The molecule has 0 bridgehead atoms. The Hall–Kier alpha value is -2.87. The molecule has 5 nitrogen and oxygen atoms in total. The van der Waals surface area contributed by atoms with Crippen molar-refractivity contribution in [3.05, 3.63) is 48.0 Å². The molecule has 0 amide bonds. The molecule has 0 saturated carbocycles. The quantitative estimate of drug-likeness (QED) is 0.603. The van der Waals surface area contributed by atoms with Gasteiger partial charge in [-0.15, -0.1) is 12.4 Å². The number of nitrogen functional groups attached to an aromatic ring is 1. The van der Waals surface area contributed by atoms with Gasteiger partial charge in [-0.1, -0.05) is 0 Å². The summed E-state index contributed by atoms with van der Waals surface area (Å²) < 4.78 is 50.6. The fraction of sp³-hybridized carbons (Fsp3) is 0.167. The Morgan fingerprint density at radius 2 is 1.74 bits per heavy atom. The fourth-order valence-electron chi connectivity index (χ4n) is 2.59. The Morgan fingerprint density at radius 3 is 2.33 bits per heavy atom. The maximum atomic E-state index is 13.5. The minimum atomic E-state index is -4.54. The van der Waals surface area contributed by atoms with E-state index < -0.39 is 11.7 Å². The first-order chi connectivity index (χ1) is 12.3. The average molecular weight is 400 g/mol. The van der Waals surface area contributed by atoms with Crippen molar-refractivity contribution in [2.45, 2.75) is 6.18 Å². The number of ether oxygens (including phenoxy) is 2. The first-order valence-electron chi connectivity index (χ1n) is 7.58. The van der Waals surface area contributed by atoms with E-state index in [1.807, 2.05) is 0 Å². The average Bonchev–Trinajstić information content (AvgIpc) is 2.60. The molecule has 0 radical (unpaired) electrons. The molecule has 3 N–H and O–H groups in total. The van der Waals surface area contributed by atoms with Gasteiger partial charge >= 0.3 is 6.18 Å². The highest BCUT2D eigenvalue weighted by atomic mass is 35.5. The maximum absolute atomic E-state index is 13.5. The van der Waals surface area contributed by atoms with Crippen molar-refractivity contribution >= 4 is 40.5 Å². The number of nitrogens with zero attached hydrogens (tertiary/aromatic N) is 1. The molecule has 0 atom stereocenters. The van der Waals surface area contributed by atoms with E-state index in [0.29, 0.717) is 22.9 Å². The molecule has 2 aromatic carbocycles. The normalized spacial score (nSPS) is 11.0. The lowest BCUT2D eigenvalue weighted by Gasteiger charge is -2.15. The summed E-state index contributed by atoms with van der Waals surface area (Å²) in [6, 6.07) is 10.1. The zero-order valence-electron chi connectivity index (χ0n) is 14.4. The van der Waals surface area contributed by atoms with E-state index in [9.17, 15) is 13.2 Å². The molecule has 3 aromatic rings. The predicted molar refractivity (Wildman–Crippen MR) is 101 cm³/mol. The van der Waals surface area contributed by atoms with Gasteiger partial charge in [-0.2, -0.15) is 13.2 Å². The number of pyridine rings is 1. The molecule has 9 heteroatoms. The van der Waals surface area contributed by atoms with Gasteiger partial charge in [0.25, 0.3) is 0 Å². The van der Waals surface area contributed by atoms with Gasteiger partial charge in [-0.3, -0.25) is 0 Å². The number of benzene rings is 2. The smallest absolute Gasteiger partial charge is 0.417 e. The maximum Gasteiger partial charge on any atom is 0.417 e. The summed E-state index contributed by atoms with van der Waals surface area (Å²) in [6.45, 7) is 0. The van der Waals surface area contributed by atoms with Crippen LogP contribution in [0.15, 0.2) is 42.5 Å². The van der Waals surface area contributed by atoms with Crippen LogP contribution in [-0.4, -0.2) is 19.2 Å². The fourth-order valence-corrected chi connectivity index (χ4v) is 2.59. The number of halogens is 4. The van der Waals surface area contributed by atoms with Gasteiger partial charge in [-0.05, 0) is 42.5 Å². The summed E-state index contributed by atoms with van der Waals surface area (Å²) >= 11 is 0. The first kappa shape index (κ1) is 20.4. The number of alkyl halides is 3. The molecule has 0 aliphatic carbocycles. The third-order valence-electron chi connectivity index (χ3n) is 3.82. The lowest BCUT2D eigenvalue weighted by molar-refractivity contribution is -0.136. The predicted octanol–water partition coefficient (Wildman–Crippen LogP) is 5.02. The monoisotopic (exact) mass is 399 g/mol. The topological polar surface area (TPSA) is 69.4 Å². The molecule has 1 aromatic heterocycles. The number of aromatic nitrogens is 1. The summed E-state index contributed by atoms with van der Waals surface area (Å²) in [7, 11) is 2.87. The van der Waals surface area contributed by atoms with Gasteiger partial charge in [0, 0.05) is 11.1 Å². The molecule has 0 unspecified atom stereocenters. The molecule has 0 fully saturated rings. The zero-order chi connectivity index (χ0) is 18.9. The van der Waals surface area contributed by atoms with Gasteiger partial charge in [0.15, 0.2) is 0 Å². The van der Waals surface area contributed by atoms with Gasteiger partial charge in [0.1, 0.15) is 17.3 Å². The van der Waals surface area contributed by atoms with Crippen molar-refractivity contribution in [3.8, 4) is 11.5 Å². The van der Waals surface area contributed by atoms with Crippen molar-refractivity contribution in [2.75, 3.05) is 25.3 Å². The molecular formula is C18H17ClF3N3O2. The number of hydrogen-bond acceptors (Lipinski definition) is 5. The summed E-state index contributed by atoms with van der Waals surface area (Å²) in [5.41, 5.74) is 6.08. The third kappa shape index (κ3) is 4.28. The number of hydrogen-bond donors (Lipinski definition) is 2. The van der Waals surface area contributed by atoms with E-state index in [-0.39, 0.29) is 29.1 Å². The van der Waals surface area contributed by atoms with Gasteiger partial charge in [-0.25, -0.2) is 4.98 Å². The molecule has 3 rings (SSSR count). The summed E-state index contributed by atoms with van der Waals surface area (Å²) in [6.07, 6.45) is -4.54. The minimum Gasteiger partial charge on any atom is -0.497 e. The third-order valence-corrected chi connectivity index (χ3v) is 3.82. The lowest BCUT2D eigenvalue weighted by atomic mass is 10.1.